The average molecular weight is 865 g/mol. The minimum Gasteiger partial charge on any atom is -0.462 e. The molecule has 6 nitrogen and oxygen atoms in total. The van der Waals surface area contributed by atoms with Crippen LogP contribution in [0.3, 0.4) is 0 Å². The maximum absolute atomic E-state index is 12.8. The fourth-order valence-corrected chi connectivity index (χ4v) is 7.16. The van der Waals surface area contributed by atoms with Gasteiger partial charge in [-0.2, -0.15) is 0 Å². The summed E-state index contributed by atoms with van der Waals surface area (Å²) in [5.74, 6) is -0.948. The number of hydrogen-bond donors (Lipinski definition) is 0. The number of unbranched alkanes of at least 4 members (excludes halogenated alkanes) is 27. The van der Waals surface area contributed by atoms with Crippen LogP contribution < -0.4 is 0 Å². The number of ether oxygens (including phenoxy) is 3. The van der Waals surface area contributed by atoms with E-state index < -0.39 is 6.10 Å². The lowest BCUT2D eigenvalue weighted by molar-refractivity contribution is -0.167. The molecule has 356 valence electrons. The van der Waals surface area contributed by atoms with E-state index in [-0.39, 0.29) is 31.1 Å². The molecule has 62 heavy (non-hydrogen) atoms. The van der Waals surface area contributed by atoms with Crippen LogP contribution in [0, 0.1) is 0 Å². The number of carbonyl (C=O) groups is 3. The first-order valence-corrected chi connectivity index (χ1v) is 26.0. The molecule has 0 heterocycles. The predicted molar refractivity (Wildman–Crippen MR) is 265 cm³/mol. The van der Waals surface area contributed by atoms with Gasteiger partial charge in [-0.25, -0.2) is 0 Å². The molecule has 0 rings (SSSR count). The van der Waals surface area contributed by atoms with Crippen LogP contribution in [0.15, 0.2) is 72.9 Å². The van der Waals surface area contributed by atoms with Gasteiger partial charge in [-0.1, -0.05) is 235 Å². The maximum atomic E-state index is 12.8. The molecule has 0 aromatic carbocycles. The van der Waals surface area contributed by atoms with Gasteiger partial charge in [-0.3, -0.25) is 14.4 Å². The Bertz CT molecular complexity index is 1180. The summed E-state index contributed by atoms with van der Waals surface area (Å²) in [5, 5.41) is 0. The Balaban J connectivity index is 4.47. The number of hydrogen-bond acceptors (Lipinski definition) is 6. The summed E-state index contributed by atoms with van der Waals surface area (Å²) in [6, 6.07) is 0. The first kappa shape index (κ1) is 58.9. The number of carbonyl (C=O) groups excluding carboxylic acids is 3. The van der Waals surface area contributed by atoms with Crippen molar-refractivity contribution in [2.45, 2.75) is 252 Å². The average Bonchev–Trinajstić information content (AvgIpc) is 3.27. The molecule has 0 aliphatic rings. The second-order valence-electron chi connectivity index (χ2n) is 17.2. The van der Waals surface area contributed by atoms with Gasteiger partial charge in [0, 0.05) is 19.3 Å². The van der Waals surface area contributed by atoms with E-state index in [0.29, 0.717) is 19.3 Å². The minimum atomic E-state index is -0.796. The van der Waals surface area contributed by atoms with Crippen molar-refractivity contribution in [1.29, 1.82) is 0 Å². The van der Waals surface area contributed by atoms with E-state index >= 15 is 0 Å². The van der Waals surface area contributed by atoms with Crippen LogP contribution in [0.2, 0.25) is 0 Å². The van der Waals surface area contributed by atoms with Gasteiger partial charge in [-0.05, 0) is 64.2 Å². The molecule has 0 saturated heterocycles. The molecule has 0 aromatic rings. The van der Waals surface area contributed by atoms with Crippen LogP contribution >= 0.6 is 0 Å². The van der Waals surface area contributed by atoms with Crippen molar-refractivity contribution >= 4 is 17.9 Å². The molecule has 0 spiro atoms. The molecule has 0 bridgehead atoms. The molecular weight excluding hydrogens is 769 g/mol. The summed E-state index contributed by atoms with van der Waals surface area (Å²) < 4.78 is 16.8. The van der Waals surface area contributed by atoms with E-state index in [2.05, 4.69) is 45.1 Å². The van der Waals surface area contributed by atoms with Gasteiger partial charge in [-0.15, -0.1) is 0 Å². The fourth-order valence-electron chi connectivity index (χ4n) is 7.16. The topological polar surface area (TPSA) is 78.9 Å². The monoisotopic (exact) mass is 865 g/mol. The molecule has 0 fully saturated rings. The summed E-state index contributed by atoms with van der Waals surface area (Å²) in [7, 11) is 0. The van der Waals surface area contributed by atoms with Crippen molar-refractivity contribution in [3.05, 3.63) is 72.9 Å². The first-order chi connectivity index (χ1) is 30.5. The molecular formula is C56H96O6. The largest absolute Gasteiger partial charge is 0.462 e. The quantitative estimate of drug-likeness (QED) is 0.0199. The van der Waals surface area contributed by atoms with Crippen LogP contribution in [0.5, 0.6) is 0 Å². The minimum absolute atomic E-state index is 0.0956. The van der Waals surface area contributed by atoms with Gasteiger partial charge in [0.25, 0.3) is 0 Å². The smallest absolute Gasteiger partial charge is 0.306 e. The van der Waals surface area contributed by atoms with Crippen LogP contribution in [0.4, 0.5) is 0 Å². The van der Waals surface area contributed by atoms with Gasteiger partial charge >= 0.3 is 17.9 Å². The highest BCUT2D eigenvalue weighted by Crippen LogP contribution is 2.15. The Morgan fingerprint density at radius 3 is 1.05 bits per heavy atom. The predicted octanol–water partition coefficient (Wildman–Crippen LogP) is 17.0. The zero-order chi connectivity index (χ0) is 45.1. The second kappa shape index (κ2) is 50.5. The van der Waals surface area contributed by atoms with Gasteiger partial charge in [0.1, 0.15) is 13.2 Å². The first-order valence-electron chi connectivity index (χ1n) is 26.0. The molecule has 0 saturated carbocycles. The molecule has 1 unspecified atom stereocenters. The number of rotatable bonds is 46. The molecule has 1 atom stereocenters. The molecule has 0 radical (unpaired) electrons. The Morgan fingerprint density at radius 1 is 0.339 bits per heavy atom. The van der Waals surface area contributed by atoms with Crippen molar-refractivity contribution < 1.29 is 28.6 Å². The third-order valence-corrected chi connectivity index (χ3v) is 11.1. The van der Waals surface area contributed by atoms with E-state index in [1.165, 1.54) is 122 Å². The van der Waals surface area contributed by atoms with Crippen LogP contribution in [-0.2, 0) is 28.6 Å². The lowest BCUT2D eigenvalue weighted by atomic mass is 10.0. The van der Waals surface area contributed by atoms with Crippen LogP contribution in [0.1, 0.15) is 245 Å². The summed E-state index contributed by atoms with van der Waals surface area (Å²) >= 11 is 0. The zero-order valence-electron chi connectivity index (χ0n) is 40.6. The van der Waals surface area contributed by atoms with Crippen molar-refractivity contribution in [3.8, 4) is 0 Å². The fraction of sp³-hybridized carbons (Fsp3) is 0.732. The third kappa shape index (κ3) is 47.9. The van der Waals surface area contributed by atoms with Gasteiger partial charge in [0.2, 0.25) is 0 Å². The summed E-state index contributed by atoms with van der Waals surface area (Å²) in [6.07, 6.45) is 63.1. The second-order valence-corrected chi connectivity index (χ2v) is 17.2. The SMILES string of the molecule is CC\C=C/C=C\C=C/C=C\C=C/CCCCCC(=O)OCC(COC(=O)CCCCC/C=C\CCCCCCCCC)OC(=O)CCCCCCCCCCCCCCCCC. The van der Waals surface area contributed by atoms with E-state index in [0.717, 1.165) is 83.5 Å². The number of allylic oxidation sites excluding steroid dienone is 12. The molecule has 0 amide bonds. The van der Waals surface area contributed by atoms with Crippen LogP contribution in [0.25, 0.3) is 0 Å². The Kier molecular flexibility index (Phi) is 47.9. The highest BCUT2D eigenvalue weighted by Gasteiger charge is 2.19. The summed E-state index contributed by atoms with van der Waals surface area (Å²) in [4.78, 5) is 38.0. The molecule has 0 aliphatic heterocycles. The van der Waals surface area contributed by atoms with Crippen molar-refractivity contribution in [2.24, 2.45) is 0 Å². The number of esters is 3. The summed E-state index contributed by atoms with van der Waals surface area (Å²) in [6.45, 7) is 6.45. The summed E-state index contributed by atoms with van der Waals surface area (Å²) in [5.41, 5.74) is 0. The standard InChI is InChI=1S/C56H96O6/c1-4-7-10-13-16-19-22-25-28-31-34-37-40-43-46-49-55(58)61-52-53(51-60-54(57)48-45-42-39-36-33-30-27-24-21-18-15-12-9-6-3)62-56(59)50-47-44-41-38-35-32-29-26-23-20-17-14-11-8-5-2/h7,10,13,16,19,22,25,28,30-31,33-34,53H,4-6,8-9,11-12,14-15,17-18,20-21,23-24,26-27,29,32,35-52H2,1-3H3/b10-7-,16-13-,22-19-,28-25-,33-30-,34-31-. The van der Waals surface area contributed by atoms with Gasteiger partial charge < -0.3 is 14.2 Å². The van der Waals surface area contributed by atoms with Gasteiger partial charge in [0.05, 0.1) is 0 Å². The van der Waals surface area contributed by atoms with Crippen LogP contribution in [-0.4, -0.2) is 37.2 Å². The molecule has 0 N–H and O–H groups in total. The molecule has 0 aliphatic carbocycles. The maximum Gasteiger partial charge on any atom is 0.306 e. The van der Waals surface area contributed by atoms with Crippen molar-refractivity contribution in [2.75, 3.05) is 13.2 Å². The van der Waals surface area contributed by atoms with E-state index in [9.17, 15) is 14.4 Å². The lowest BCUT2D eigenvalue weighted by Crippen LogP contribution is -2.30. The Morgan fingerprint density at radius 2 is 0.645 bits per heavy atom. The lowest BCUT2D eigenvalue weighted by Gasteiger charge is -2.18. The van der Waals surface area contributed by atoms with E-state index in [4.69, 9.17) is 14.2 Å². The van der Waals surface area contributed by atoms with E-state index in [1.807, 2.05) is 48.6 Å². The Labute approximate surface area is 382 Å². The van der Waals surface area contributed by atoms with E-state index in [1.54, 1.807) is 0 Å². The normalized spacial score (nSPS) is 12.6. The van der Waals surface area contributed by atoms with Crippen molar-refractivity contribution in [3.63, 3.8) is 0 Å². The Hall–Kier alpha value is -3.15. The highest BCUT2D eigenvalue weighted by molar-refractivity contribution is 5.71. The van der Waals surface area contributed by atoms with Crippen molar-refractivity contribution in [1.82, 2.24) is 0 Å². The third-order valence-electron chi connectivity index (χ3n) is 11.1. The highest BCUT2D eigenvalue weighted by atomic mass is 16.6. The molecule has 0 aromatic heterocycles. The zero-order valence-corrected chi connectivity index (χ0v) is 40.6. The molecule has 6 heteroatoms. The van der Waals surface area contributed by atoms with Gasteiger partial charge in [0.15, 0.2) is 6.10 Å².